The molecule has 0 aromatic heterocycles. The molecule has 1 unspecified atom stereocenters. The average molecular weight is 370 g/mol. The Morgan fingerprint density at radius 3 is 2.46 bits per heavy atom. The van der Waals surface area contributed by atoms with E-state index >= 15 is 0 Å². The van der Waals surface area contributed by atoms with Crippen molar-refractivity contribution in [2.24, 2.45) is 11.8 Å². The molecule has 3 nitrogen and oxygen atoms in total. The van der Waals surface area contributed by atoms with Crippen molar-refractivity contribution in [3.05, 3.63) is 27.7 Å². The van der Waals surface area contributed by atoms with Crippen molar-refractivity contribution >= 4 is 29.1 Å². The molecule has 0 radical (unpaired) electrons. The van der Waals surface area contributed by atoms with Gasteiger partial charge >= 0.3 is 0 Å². The van der Waals surface area contributed by atoms with E-state index in [1.165, 1.54) is 19.3 Å². The third-order valence-corrected chi connectivity index (χ3v) is 6.29. The Morgan fingerprint density at radius 1 is 1.17 bits per heavy atom. The van der Waals surface area contributed by atoms with Crippen LogP contribution >= 0.6 is 23.2 Å². The van der Waals surface area contributed by atoms with Crippen LogP contribution in [0.25, 0.3) is 0 Å². The molecule has 0 spiro atoms. The second-order valence-electron chi connectivity index (χ2n) is 7.12. The first-order chi connectivity index (χ1) is 11.5. The molecule has 1 aromatic rings. The number of ether oxygens (including phenoxy) is 1. The zero-order chi connectivity index (χ0) is 17.3. The lowest BCUT2D eigenvalue weighted by molar-refractivity contribution is -0.134. The molecule has 0 bridgehead atoms. The molecule has 132 valence electrons. The monoisotopic (exact) mass is 369 g/mol. The van der Waals surface area contributed by atoms with E-state index < -0.39 is 0 Å². The van der Waals surface area contributed by atoms with Crippen LogP contribution in [-0.2, 0) is 11.2 Å². The third kappa shape index (κ3) is 3.52. The van der Waals surface area contributed by atoms with E-state index in [0.717, 1.165) is 24.9 Å². The Bertz CT molecular complexity index is 596. The smallest absolute Gasteiger partial charge is 0.226 e. The van der Waals surface area contributed by atoms with Crippen LogP contribution in [0.1, 0.15) is 44.6 Å². The van der Waals surface area contributed by atoms with Crippen LogP contribution in [0.15, 0.2) is 12.1 Å². The molecule has 3 atom stereocenters. The number of benzene rings is 1. The molecule has 1 amide bonds. The first-order valence-corrected chi connectivity index (χ1v) is 9.59. The van der Waals surface area contributed by atoms with Gasteiger partial charge in [0.2, 0.25) is 5.91 Å². The molecule has 0 N–H and O–H groups in total. The van der Waals surface area contributed by atoms with E-state index in [1.54, 1.807) is 19.2 Å². The fourth-order valence-electron chi connectivity index (χ4n) is 4.18. The number of halogens is 2. The lowest BCUT2D eigenvalue weighted by Crippen LogP contribution is -2.43. The van der Waals surface area contributed by atoms with E-state index in [0.29, 0.717) is 34.2 Å². The number of carbonyl (C=O) groups is 1. The second kappa shape index (κ2) is 7.53. The highest BCUT2D eigenvalue weighted by atomic mass is 35.5. The Morgan fingerprint density at radius 2 is 1.83 bits per heavy atom. The molecule has 1 aliphatic heterocycles. The minimum atomic E-state index is -0.0116. The van der Waals surface area contributed by atoms with Crippen LogP contribution in [0.3, 0.4) is 0 Å². The highest BCUT2D eigenvalue weighted by molar-refractivity contribution is 6.36. The summed E-state index contributed by atoms with van der Waals surface area (Å²) in [5, 5.41) is 1.16. The molecule has 3 rings (SSSR count). The number of hydrogen-bond donors (Lipinski definition) is 0. The van der Waals surface area contributed by atoms with Crippen LogP contribution in [-0.4, -0.2) is 30.5 Å². The van der Waals surface area contributed by atoms with Gasteiger partial charge in [0.1, 0.15) is 5.75 Å². The van der Waals surface area contributed by atoms with Crippen molar-refractivity contribution in [2.75, 3.05) is 13.7 Å². The first-order valence-electron chi connectivity index (χ1n) is 8.83. The van der Waals surface area contributed by atoms with Crippen LogP contribution < -0.4 is 4.74 Å². The number of nitrogens with zero attached hydrogens (tertiary/aromatic N) is 1. The maximum Gasteiger partial charge on any atom is 0.226 e. The van der Waals surface area contributed by atoms with Crippen molar-refractivity contribution in [3.63, 3.8) is 0 Å². The SMILES string of the molecule is COc1cc(Cl)c(CC2CCN([C@@H]3CCCC[C@@H]3C)C2=O)c(Cl)c1. The van der Waals surface area contributed by atoms with Gasteiger partial charge in [0.15, 0.2) is 0 Å². The van der Waals surface area contributed by atoms with E-state index in [1.807, 2.05) is 0 Å². The van der Waals surface area contributed by atoms with E-state index in [9.17, 15) is 4.79 Å². The molecular formula is C19H25Cl2NO2. The lowest BCUT2D eigenvalue weighted by atomic mass is 9.85. The van der Waals surface area contributed by atoms with Crippen LogP contribution in [0.2, 0.25) is 10.0 Å². The highest BCUT2D eigenvalue weighted by Gasteiger charge is 2.38. The number of rotatable bonds is 4. The van der Waals surface area contributed by atoms with Gasteiger partial charge in [0.25, 0.3) is 0 Å². The molecular weight excluding hydrogens is 345 g/mol. The Hall–Kier alpha value is -0.930. The summed E-state index contributed by atoms with van der Waals surface area (Å²) in [7, 11) is 1.59. The van der Waals surface area contributed by atoms with Gasteiger partial charge in [0, 0.05) is 28.5 Å². The van der Waals surface area contributed by atoms with Crippen molar-refractivity contribution in [3.8, 4) is 5.75 Å². The van der Waals surface area contributed by atoms with Crippen molar-refractivity contribution in [1.29, 1.82) is 0 Å². The molecule has 1 heterocycles. The molecule has 2 aliphatic rings. The van der Waals surface area contributed by atoms with Crippen LogP contribution in [0.5, 0.6) is 5.75 Å². The van der Waals surface area contributed by atoms with Gasteiger partial charge in [-0.3, -0.25) is 4.79 Å². The molecule has 1 aliphatic carbocycles. The van der Waals surface area contributed by atoms with Gasteiger partial charge in [-0.1, -0.05) is 43.0 Å². The summed E-state index contributed by atoms with van der Waals surface area (Å²) in [6.07, 6.45) is 6.40. The molecule has 1 aromatic carbocycles. The molecule has 1 saturated heterocycles. The predicted molar refractivity (Wildman–Crippen MR) is 98.0 cm³/mol. The van der Waals surface area contributed by atoms with Crippen molar-refractivity contribution < 1.29 is 9.53 Å². The minimum Gasteiger partial charge on any atom is -0.497 e. The standard InChI is InChI=1S/C19H25Cl2NO2/c1-12-5-3-4-6-18(12)22-8-7-13(19(22)23)9-15-16(20)10-14(24-2)11-17(15)21/h10-13,18H,3-9H2,1-2H3/t12-,13?,18+/m0/s1. The fraction of sp³-hybridized carbons (Fsp3) is 0.632. The number of amides is 1. The highest BCUT2D eigenvalue weighted by Crippen LogP contribution is 2.37. The zero-order valence-corrected chi connectivity index (χ0v) is 15.9. The number of methoxy groups -OCH3 is 1. The van der Waals surface area contributed by atoms with Gasteiger partial charge in [-0.05, 0) is 49.3 Å². The Labute approximate surface area is 154 Å². The summed E-state index contributed by atoms with van der Waals surface area (Å²) >= 11 is 12.7. The molecule has 1 saturated carbocycles. The Balaban J connectivity index is 1.72. The third-order valence-electron chi connectivity index (χ3n) is 5.62. The topological polar surface area (TPSA) is 29.5 Å². The number of carbonyl (C=O) groups excluding carboxylic acids is 1. The van der Waals surface area contributed by atoms with Gasteiger partial charge in [-0.25, -0.2) is 0 Å². The number of hydrogen-bond acceptors (Lipinski definition) is 2. The van der Waals surface area contributed by atoms with Crippen molar-refractivity contribution in [1.82, 2.24) is 4.90 Å². The number of likely N-dealkylation sites (tertiary alicyclic amines) is 1. The molecule has 5 heteroatoms. The van der Waals surface area contributed by atoms with Crippen molar-refractivity contribution in [2.45, 2.75) is 51.5 Å². The Kier molecular flexibility index (Phi) is 5.61. The van der Waals surface area contributed by atoms with Gasteiger partial charge in [0.05, 0.1) is 7.11 Å². The minimum absolute atomic E-state index is 0.0116. The van der Waals surface area contributed by atoms with Gasteiger partial charge < -0.3 is 9.64 Å². The van der Waals surface area contributed by atoms with Crippen LogP contribution in [0.4, 0.5) is 0 Å². The van der Waals surface area contributed by atoms with Crippen LogP contribution in [0, 0.1) is 11.8 Å². The zero-order valence-electron chi connectivity index (χ0n) is 14.4. The lowest BCUT2D eigenvalue weighted by Gasteiger charge is -2.36. The normalized spacial score (nSPS) is 27.6. The first kappa shape index (κ1) is 17.9. The maximum absolute atomic E-state index is 12.9. The predicted octanol–water partition coefficient (Wildman–Crippen LogP) is 4.97. The average Bonchev–Trinajstić information content (AvgIpc) is 2.92. The van der Waals surface area contributed by atoms with E-state index in [-0.39, 0.29) is 11.8 Å². The summed E-state index contributed by atoms with van der Waals surface area (Å²) in [5.74, 6) is 1.51. The van der Waals surface area contributed by atoms with Gasteiger partial charge in [-0.15, -0.1) is 0 Å². The fourth-order valence-corrected chi connectivity index (χ4v) is 4.80. The summed E-state index contributed by atoms with van der Waals surface area (Å²) in [6, 6.07) is 3.95. The largest absolute Gasteiger partial charge is 0.497 e. The quantitative estimate of drug-likeness (QED) is 0.749. The van der Waals surface area contributed by atoms with E-state index in [4.69, 9.17) is 27.9 Å². The van der Waals surface area contributed by atoms with Gasteiger partial charge in [-0.2, -0.15) is 0 Å². The maximum atomic E-state index is 12.9. The summed E-state index contributed by atoms with van der Waals surface area (Å²) in [4.78, 5) is 15.0. The second-order valence-corrected chi connectivity index (χ2v) is 7.93. The summed E-state index contributed by atoms with van der Waals surface area (Å²) in [6.45, 7) is 3.14. The molecule has 24 heavy (non-hydrogen) atoms. The van der Waals surface area contributed by atoms with E-state index in [2.05, 4.69) is 11.8 Å². The summed E-state index contributed by atoms with van der Waals surface area (Å²) < 4.78 is 5.19. The summed E-state index contributed by atoms with van der Waals surface area (Å²) in [5.41, 5.74) is 0.857. The molecule has 2 fully saturated rings.